The molecule has 6 heteroatoms. The largest absolute Gasteiger partial charge is 0.441 e. The fourth-order valence-electron chi connectivity index (χ4n) is 3.09. The molecule has 1 N–H and O–H groups in total. The second kappa shape index (κ2) is 7.03. The van der Waals surface area contributed by atoms with Crippen LogP contribution < -0.4 is 5.32 Å². The summed E-state index contributed by atoms with van der Waals surface area (Å²) in [7, 11) is 0. The van der Waals surface area contributed by atoms with E-state index in [1.165, 1.54) is 12.1 Å². The summed E-state index contributed by atoms with van der Waals surface area (Å²) in [4.78, 5) is 4.31. The van der Waals surface area contributed by atoms with Crippen LogP contribution in [0.4, 0.5) is 10.2 Å². The first-order valence-electron chi connectivity index (χ1n) is 9.12. The summed E-state index contributed by atoms with van der Waals surface area (Å²) in [6, 6.07) is 16.2. The average Bonchev–Trinajstić information content (AvgIpc) is 3.06. The van der Waals surface area contributed by atoms with E-state index < -0.39 is 0 Å². The first kappa shape index (κ1) is 18.1. The van der Waals surface area contributed by atoms with Crippen LogP contribution in [-0.4, -0.2) is 21.7 Å². The molecule has 4 rings (SSSR count). The number of fused-ring (bicyclic) bond motifs is 1. The van der Waals surface area contributed by atoms with Crippen molar-refractivity contribution >= 4 is 16.9 Å². The lowest BCUT2D eigenvalue weighted by Gasteiger charge is -2.25. The molecule has 0 aliphatic carbocycles. The molecule has 28 heavy (non-hydrogen) atoms. The van der Waals surface area contributed by atoms with Crippen LogP contribution in [0.5, 0.6) is 0 Å². The quantitative estimate of drug-likeness (QED) is 0.524. The van der Waals surface area contributed by atoms with E-state index in [0.29, 0.717) is 18.3 Å². The smallest absolute Gasteiger partial charge is 0.192 e. The Kier molecular flexibility index (Phi) is 4.55. The van der Waals surface area contributed by atoms with Crippen LogP contribution in [-0.2, 0) is 5.41 Å². The van der Waals surface area contributed by atoms with Gasteiger partial charge in [0.05, 0.1) is 5.69 Å². The van der Waals surface area contributed by atoms with Gasteiger partial charge in [-0.1, -0.05) is 32.0 Å². The lowest BCUT2D eigenvalue weighted by molar-refractivity contribution is 0.552. The van der Waals surface area contributed by atoms with Gasteiger partial charge in [-0.25, -0.2) is 9.37 Å². The van der Waals surface area contributed by atoms with Gasteiger partial charge in [0.25, 0.3) is 0 Å². The topological polar surface area (TPSA) is 63.8 Å². The predicted octanol–water partition coefficient (Wildman–Crippen LogP) is 5.12. The van der Waals surface area contributed by atoms with E-state index in [2.05, 4.69) is 34.3 Å². The Morgan fingerprint density at radius 3 is 2.50 bits per heavy atom. The molecule has 2 heterocycles. The van der Waals surface area contributed by atoms with E-state index in [-0.39, 0.29) is 11.2 Å². The van der Waals surface area contributed by atoms with Crippen LogP contribution >= 0.6 is 0 Å². The summed E-state index contributed by atoms with van der Waals surface area (Å²) < 4.78 is 18.7. The second-order valence-corrected chi connectivity index (χ2v) is 7.46. The van der Waals surface area contributed by atoms with Gasteiger partial charge in [-0.05, 0) is 42.0 Å². The van der Waals surface area contributed by atoms with Crippen molar-refractivity contribution in [3.8, 4) is 11.3 Å². The van der Waals surface area contributed by atoms with E-state index in [1.54, 1.807) is 0 Å². The Labute approximate surface area is 162 Å². The number of benzene rings is 2. The summed E-state index contributed by atoms with van der Waals surface area (Å²) in [6.45, 7) is 6.68. The molecule has 142 valence electrons. The third kappa shape index (κ3) is 3.71. The maximum absolute atomic E-state index is 13.1. The van der Waals surface area contributed by atoms with Gasteiger partial charge in [0.2, 0.25) is 0 Å². The fraction of sp³-hybridized carbons (Fsp3) is 0.227. The SMILES string of the molecule is Cc1nc2ccc(-c3ccc(NCC(C)(C)c4ccc(F)cc4)nn3)cc2o1. The summed E-state index contributed by atoms with van der Waals surface area (Å²) in [6.07, 6.45) is 0. The molecular formula is C22H21FN4O. The number of rotatable bonds is 5. The number of hydrogen-bond donors (Lipinski definition) is 1. The highest BCUT2D eigenvalue weighted by Gasteiger charge is 2.20. The minimum atomic E-state index is -0.229. The van der Waals surface area contributed by atoms with Gasteiger partial charge >= 0.3 is 0 Å². The molecule has 0 aliphatic rings. The molecule has 0 saturated carbocycles. The first-order chi connectivity index (χ1) is 13.4. The van der Waals surface area contributed by atoms with Crippen molar-refractivity contribution in [2.75, 3.05) is 11.9 Å². The molecule has 2 aromatic carbocycles. The standard InChI is InChI=1S/C22H21FN4O/c1-14-25-19-9-4-15(12-20(19)28-14)18-10-11-21(27-26-18)24-13-22(2,3)16-5-7-17(23)8-6-16/h4-12H,13H2,1-3H3,(H,24,27). The van der Waals surface area contributed by atoms with Crippen molar-refractivity contribution in [3.05, 3.63) is 71.9 Å². The van der Waals surface area contributed by atoms with Gasteiger partial charge < -0.3 is 9.73 Å². The Hall–Kier alpha value is -3.28. The highest BCUT2D eigenvalue weighted by molar-refractivity contribution is 5.79. The van der Waals surface area contributed by atoms with Gasteiger partial charge in [0.1, 0.15) is 17.2 Å². The lowest BCUT2D eigenvalue weighted by Crippen LogP contribution is -2.28. The van der Waals surface area contributed by atoms with Crippen molar-refractivity contribution in [1.82, 2.24) is 15.2 Å². The number of aromatic nitrogens is 3. The highest BCUT2D eigenvalue weighted by atomic mass is 19.1. The molecule has 0 unspecified atom stereocenters. The van der Waals surface area contributed by atoms with Gasteiger partial charge in [-0.3, -0.25) is 0 Å². The molecule has 2 aromatic heterocycles. The summed E-state index contributed by atoms with van der Waals surface area (Å²) in [5.41, 5.74) is 4.13. The van der Waals surface area contributed by atoms with Crippen molar-refractivity contribution in [1.29, 1.82) is 0 Å². The zero-order chi connectivity index (χ0) is 19.7. The Bertz CT molecular complexity index is 1100. The normalized spacial score (nSPS) is 11.7. The molecule has 0 bridgehead atoms. The molecule has 4 aromatic rings. The summed E-state index contributed by atoms with van der Waals surface area (Å²) >= 11 is 0. The summed E-state index contributed by atoms with van der Waals surface area (Å²) in [5, 5.41) is 11.9. The van der Waals surface area contributed by atoms with E-state index in [1.807, 2.05) is 49.4 Å². The molecule has 0 saturated heterocycles. The van der Waals surface area contributed by atoms with E-state index >= 15 is 0 Å². The van der Waals surface area contributed by atoms with E-state index in [0.717, 1.165) is 27.9 Å². The van der Waals surface area contributed by atoms with Crippen LogP contribution in [0, 0.1) is 12.7 Å². The zero-order valence-electron chi connectivity index (χ0n) is 16.0. The van der Waals surface area contributed by atoms with E-state index in [9.17, 15) is 4.39 Å². The van der Waals surface area contributed by atoms with Crippen LogP contribution in [0.15, 0.2) is 59.0 Å². The number of oxazole rings is 1. The van der Waals surface area contributed by atoms with Crippen molar-refractivity contribution in [3.63, 3.8) is 0 Å². The second-order valence-electron chi connectivity index (χ2n) is 7.46. The number of nitrogens with one attached hydrogen (secondary N) is 1. The van der Waals surface area contributed by atoms with Crippen LogP contribution in [0.2, 0.25) is 0 Å². The van der Waals surface area contributed by atoms with Crippen molar-refractivity contribution < 1.29 is 8.81 Å². The maximum Gasteiger partial charge on any atom is 0.192 e. The first-order valence-corrected chi connectivity index (χ1v) is 9.12. The predicted molar refractivity (Wildman–Crippen MR) is 108 cm³/mol. The maximum atomic E-state index is 13.1. The minimum Gasteiger partial charge on any atom is -0.441 e. The molecular weight excluding hydrogens is 355 g/mol. The number of aryl methyl sites for hydroxylation is 1. The molecule has 5 nitrogen and oxygen atoms in total. The van der Waals surface area contributed by atoms with Crippen LogP contribution in [0.3, 0.4) is 0 Å². The van der Waals surface area contributed by atoms with Crippen LogP contribution in [0.25, 0.3) is 22.4 Å². The van der Waals surface area contributed by atoms with Crippen molar-refractivity contribution in [2.45, 2.75) is 26.2 Å². The Balaban J connectivity index is 1.47. The van der Waals surface area contributed by atoms with E-state index in [4.69, 9.17) is 4.42 Å². The third-order valence-electron chi connectivity index (χ3n) is 4.79. The zero-order valence-corrected chi connectivity index (χ0v) is 16.0. The Morgan fingerprint density at radius 1 is 1.00 bits per heavy atom. The molecule has 0 amide bonds. The number of hydrogen-bond acceptors (Lipinski definition) is 5. The monoisotopic (exact) mass is 376 g/mol. The summed E-state index contributed by atoms with van der Waals surface area (Å²) in [5.74, 6) is 1.10. The van der Waals surface area contributed by atoms with Gasteiger partial charge in [-0.15, -0.1) is 10.2 Å². The third-order valence-corrected chi connectivity index (χ3v) is 4.79. The minimum absolute atomic E-state index is 0.177. The number of halogens is 1. The average molecular weight is 376 g/mol. The van der Waals surface area contributed by atoms with Crippen molar-refractivity contribution in [2.24, 2.45) is 0 Å². The number of nitrogens with zero attached hydrogens (tertiary/aromatic N) is 3. The fourth-order valence-corrected chi connectivity index (χ4v) is 3.09. The number of anilines is 1. The molecule has 0 radical (unpaired) electrons. The Morgan fingerprint density at radius 2 is 1.79 bits per heavy atom. The molecule has 0 aliphatic heterocycles. The molecule has 0 atom stereocenters. The molecule has 0 spiro atoms. The van der Waals surface area contributed by atoms with Gasteiger partial charge in [0, 0.05) is 24.4 Å². The van der Waals surface area contributed by atoms with Crippen LogP contribution in [0.1, 0.15) is 25.3 Å². The lowest BCUT2D eigenvalue weighted by atomic mass is 9.84. The van der Waals surface area contributed by atoms with Gasteiger partial charge in [-0.2, -0.15) is 0 Å². The van der Waals surface area contributed by atoms with Gasteiger partial charge in [0.15, 0.2) is 11.5 Å². The molecule has 0 fully saturated rings. The highest BCUT2D eigenvalue weighted by Crippen LogP contribution is 2.25.